The molecule has 1 aromatic carbocycles. The van der Waals surface area contributed by atoms with Crippen molar-refractivity contribution in [3.63, 3.8) is 0 Å². The van der Waals surface area contributed by atoms with Gasteiger partial charge in [-0.1, -0.05) is 0 Å². The normalized spacial score (nSPS) is 18.6. The molecule has 6 heteroatoms. The van der Waals surface area contributed by atoms with Crippen molar-refractivity contribution in [1.82, 2.24) is 10.2 Å². The second-order valence-electron chi connectivity index (χ2n) is 5.38. The zero-order valence-electron chi connectivity index (χ0n) is 12.2. The van der Waals surface area contributed by atoms with Gasteiger partial charge in [0, 0.05) is 44.4 Å². The van der Waals surface area contributed by atoms with Crippen molar-refractivity contribution in [2.24, 2.45) is 0 Å². The largest absolute Gasteiger partial charge is 0.383 e. The molecule has 1 aliphatic rings. The van der Waals surface area contributed by atoms with Crippen molar-refractivity contribution < 1.29 is 17.9 Å². The summed E-state index contributed by atoms with van der Waals surface area (Å²) in [5.41, 5.74) is 0.169. The number of benzene rings is 1. The van der Waals surface area contributed by atoms with Gasteiger partial charge >= 0.3 is 0 Å². The average molecular weight is 302 g/mol. The minimum absolute atomic E-state index is 0.169. The van der Waals surface area contributed by atoms with Crippen molar-refractivity contribution in [2.45, 2.75) is 25.4 Å². The predicted octanol–water partition coefficient (Wildman–Crippen LogP) is 2.30. The van der Waals surface area contributed by atoms with Crippen molar-refractivity contribution >= 4 is 0 Å². The van der Waals surface area contributed by atoms with E-state index in [-0.39, 0.29) is 12.1 Å². The Labute approximate surface area is 123 Å². The molecule has 21 heavy (non-hydrogen) atoms. The molecule has 0 radical (unpaired) electrons. The summed E-state index contributed by atoms with van der Waals surface area (Å²) in [5, 5.41) is 3.37. The molecule has 1 aliphatic heterocycles. The van der Waals surface area contributed by atoms with E-state index in [1.54, 1.807) is 7.11 Å². The number of methoxy groups -OCH3 is 1. The fourth-order valence-electron chi connectivity index (χ4n) is 2.61. The van der Waals surface area contributed by atoms with Crippen LogP contribution in [0.3, 0.4) is 0 Å². The van der Waals surface area contributed by atoms with Gasteiger partial charge in [-0.05, 0) is 25.5 Å². The van der Waals surface area contributed by atoms with Gasteiger partial charge in [-0.3, -0.25) is 4.90 Å². The van der Waals surface area contributed by atoms with E-state index in [1.165, 1.54) is 0 Å². The van der Waals surface area contributed by atoms with Crippen molar-refractivity contribution in [3.8, 4) is 0 Å². The van der Waals surface area contributed by atoms with Gasteiger partial charge in [-0.2, -0.15) is 0 Å². The number of nitrogens with one attached hydrogen (secondary N) is 1. The van der Waals surface area contributed by atoms with Gasteiger partial charge in [0.15, 0.2) is 11.6 Å². The number of rotatable bonds is 7. The zero-order chi connectivity index (χ0) is 15.2. The first kappa shape index (κ1) is 16.3. The Bertz CT molecular complexity index is 464. The lowest BCUT2D eigenvalue weighted by atomic mass is 10.1. The SMILES string of the molecule is COCCN(Cc1cc(F)c(F)cc1F)CC1CCCN1. The fourth-order valence-corrected chi connectivity index (χ4v) is 2.61. The molecule has 2 rings (SSSR count). The molecule has 1 atom stereocenters. The van der Waals surface area contributed by atoms with Gasteiger partial charge in [0.25, 0.3) is 0 Å². The number of halogens is 3. The molecular weight excluding hydrogens is 281 g/mol. The first-order valence-corrected chi connectivity index (χ1v) is 7.18. The smallest absolute Gasteiger partial charge is 0.161 e. The molecule has 1 heterocycles. The lowest BCUT2D eigenvalue weighted by Gasteiger charge is -2.25. The molecule has 0 bridgehead atoms. The van der Waals surface area contributed by atoms with E-state index in [0.29, 0.717) is 25.3 Å². The van der Waals surface area contributed by atoms with Crippen LogP contribution in [0.1, 0.15) is 18.4 Å². The van der Waals surface area contributed by atoms with Crippen molar-refractivity contribution in [2.75, 3.05) is 33.4 Å². The van der Waals surface area contributed by atoms with E-state index in [0.717, 1.165) is 32.0 Å². The maximum Gasteiger partial charge on any atom is 0.161 e. The first-order chi connectivity index (χ1) is 10.1. The van der Waals surface area contributed by atoms with Crippen LogP contribution in [0.5, 0.6) is 0 Å². The van der Waals surface area contributed by atoms with Crippen molar-refractivity contribution in [1.29, 1.82) is 0 Å². The van der Waals surface area contributed by atoms with Crippen LogP contribution in [-0.4, -0.2) is 44.3 Å². The van der Waals surface area contributed by atoms with E-state index >= 15 is 0 Å². The maximum atomic E-state index is 13.7. The third-order valence-electron chi connectivity index (χ3n) is 3.74. The van der Waals surface area contributed by atoms with E-state index in [4.69, 9.17) is 4.74 Å². The summed E-state index contributed by atoms with van der Waals surface area (Å²) in [6.45, 7) is 3.10. The minimum atomic E-state index is -1.16. The molecule has 118 valence electrons. The Hall–Kier alpha value is -1.11. The van der Waals surface area contributed by atoms with Crippen LogP contribution >= 0.6 is 0 Å². The van der Waals surface area contributed by atoms with E-state index in [2.05, 4.69) is 5.32 Å². The summed E-state index contributed by atoms with van der Waals surface area (Å²) in [4.78, 5) is 2.00. The van der Waals surface area contributed by atoms with Crippen LogP contribution in [0.4, 0.5) is 13.2 Å². The Morgan fingerprint density at radius 1 is 1.24 bits per heavy atom. The molecule has 1 aromatic rings. The van der Waals surface area contributed by atoms with Gasteiger partial charge < -0.3 is 10.1 Å². The molecule has 1 unspecified atom stereocenters. The Balaban J connectivity index is 2.04. The second-order valence-corrected chi connectivity index (χ2v) is 5.38. The minimum Gasteiger partial charge on any atom is -0.383 e. The van der Waals surface area contributed by atoms with Crippen LogP contribution in [0.2, 0.25) is 0 Å². The van der Waals surface area contributed by atoms with E-state index in [9.17, 15) is 13.2 Å². The lowest BCUT2D eigenvalue weighted by Crippen LogP contribution is -2.39. The third kappa shape index (κ3) is 4.69. The number of ether oxygens (including phenoxy) is 1. The number of hydrogen-bond donors (Lipinski definition) is 1. The number of hydrogen-bond acceptors (Lipinski definition) is 3. The summed E-state index contributed by atoms with van der Waals surface area (Å²) in [5.74, 6) is -2.88. The summed E-state index contributed by atoms with van der Waals surface area (Å²) in [7, 11) is 1.60. The highest BCUT2D eigenvalue weighted by molar-refractivity contribution is 5.20. The van der Waals surface area contributed by atoms with Crippen LogP contribution in [0, 0.1) is 17.5 Å². The first-order valence-electron chi connectivity index (χ1n) is 7.18. The monoisotopic (exact) mass is 302 g/mol. The molecule has 1 N–H and O–H groups in total. The summed E-state index contributed by atoms with van der Waals surface area (Å²) < 4.78 is 45.0. The van der Waals surface area contributed by atoms with Gasteiger partial charge in [-0.15, -0.1) is 0 Å². The Morgan fingerprint density at radius 2 is 2.00 bits per heavy atom. The van der Waals surface area contributed by atoms with Crippen LogP contribution in [0.25, 0.3) is 0 Å². The van der Waals surface area contributed by atoms with E-state index in [1.807, 2.05) is 4.90 Å². The fraction of sp³-hybridized carbons (Fsp3) is 0.600. The summed E-state index contributed by atoms with van der Waals surface area (Å²) >= 11 is 0. The maximum absolute atomic E-state index is 13.7. The van der Waals surface area contributed by atoms with E-state index < -0.39 is 17.5 Å². The van der Waals surface area contributed by atoms with Crippen LogP contribution < -0.4 is 5.32 Å². The summed E-state index contributed by atoms with van der Waals surface area (Å²) in [6, 6.07) is 1.90. The highest BCUT2D eigenvalue weighted by Crippen LogP contribution is 2.17. The Morgan fingerprint density at radius 3 is 2.67 bits per heavy atom. The molecule has 3 nitrogen and oxygen atoms in total. The zero-order valence-corrected chi connectivity index (χ0v) is 12.2. The quantitative estimate of drug-likeness (QED) is 0.782. The third-order valence-corrected chi connectivity index (χ3v) is 3.74. The van der Waals surface area contributed by atoms with Crippen molar-refractivity contribution in [3.05, 3.63) is 35.1 Å². The number of nitrogens with zero attached hydrogens (tertiary/aromatic N) is 1. The average Bonchev–Trinajstić information content (AvgIpc) is 2.95. The molecule has 1 saturated heterocycles. The predicted molar refractivity (Wildman–Crippen MR) is 74.5 cm³/mol. The molecular formula is C15H21F3N2O. The van der Waals surface area contributed by atoms with Gasteiger partial charge in [0.1, 0.15) is 5.82 Å². The van der Waals surface area contributed by atoms with Gasteiger partial charge in [0.05, 0.1) is 6.61 Å². The highest BCUT2D eigenvalue weighted by Gasteiger charge is 2.19. The standard InChI is InChI=1S/C15H21F3N2O/c1-21-6-5-20(10-12-3-2-4-19-12)9-11-7-14(17)15(18)8-13(11)16/h7-8,12,19H,2-6,9-10H2,1H3. The molecule has 1 fully saturated rings. The molecule has 0 aromatic heterocycles. The molecule has 0 saturated carbocycles. The molecule has 0 spiro atoms. The van der Waals surface area contributed by atoms with Gasteiger partial charge in [0.2, 0.25) is 0 Å². The Kier molecular flexibility index (Phi) is 6.02. The van der Waals surface area contributed by atoms with Crippen LogP contribution in [-0.2, 0) is 11.3 Å². The summed E-state index contributed by atoms with van der Waals surface area (Å²) in [6.07, 6.45) is 2.20. The topological polar surface area (TPSA) is 24.5 Å². The second kappa shape index (κ2) is 7.77. The molecule has 0 amide bonds. The molecule has 0 aliphatic carbocycles. The van der Waals surface area contributed by atoms with Crippen LogP contribution in [0.15, 0.2) is 12.1 Å². The highest BCUT2D eigenvalue weighted by atomic mass is 19.2. The lowest BCUT2D eigenvalue weighted by molar-refractivity contribution is 0.137. The van der Waals surface area contributed by atoms with Gasteiger partial charge in [-0.25, -0.2) is 13.2 Å².